The summed E-state index contributed by atoms with van der Waals surface area (Å²) >= 11 is 13.0. The Morgan fingerprint density at radius 1 is 1.31 bits per heavy atom. The molecule has 0 bridgehead atoms. The molecule has 1 amide bonds. The minimum Gasteiger partial charge on any atom is -0.493 e. The first-order valence-electron chi connectivity index (χ1n) is 8.85. The highest BCUT2D eigenvalue weighted by atomic mass is 35.5. The molecule has 4 nitrogen and oxygen atoms in total. The van der Waals surface area contributed by atoms with Crippen molar-refractivity contribution in [2.24, 2.45) is 0 Å². The molecule has 0 N–H and O–H groups in total. The molecule has 7 heteroatoms. The normalized spacial score (nSPS) is 15.1. The number of halogens is 1. The minimum absolute atomic E-state index is 0.144. The van der Waals surface area contributed by atoms with E-state index in [-0.39, 0.29) is 5.91 Å². The van der Waals surface area contributed by atoms with Crippen LogP contribution in [-0.2, 0) is 11.4 Å². The molecule has 0 aromatic heterocycles. The van der Waals surface area contributed by atoms with Gasteiger partial charge in [-0.2, -0.15) is 0 Å². The predicted molar refractivity (Wildman–Crippen MR) is 124 cm³/mol. The maximum Gasteiger partial charge on any atom is 0.266 e. The van der Waals surface area contributed by atoms with Crippen molar-refractivity contribution < 1.29 is 14.3 Å². The molecule has 1 saturated heterocycles. The van der Waals surface area contributed by atoms with Crippen LogP contribution < -0.4 is 9.47 Å². The van der Waals surface area contributed by atoms with Gasteiger partial charge in [-0.05, 0) is 36.3 Å². The Morgan fingerprint density at radius 3 is 2.79 bits per heavy atom. The molecular weight excluding hydrogens is 426 g/mol. The average molecular weight is 446 g/mol. The van der Waals surface area contributed by atoms with Crippen LogP contribution in [0.2, 0.25) is 5.02 Å². The number of hydrogen-bond donors (Lipinski definition) is 0. The molecule has 0 atom stereocenters. The van der Waals surface area contributed by atoms with Gasteiger partial charge in [-0.15, -0.1) is 6.58 Å². The lowest BCUT2D eigenvalue weighted by Gasteiger charge is -2.14. The second kappa shape index (κ2) is 9.48. The van der Waals surface area contributed by atoms with Crippen molar-refractivity contribution in [2.45, 2.75) is 13.5 Å². The first-order chi connectivity index (χ1) is 13.9. The van der Waals surface area contributed by atoms with E-state index in [2.05, 4.69) is 12.6 Å². The van der Waals surface area contributed by atoms with Crippen LogP contribution in [0.5, 0.6) is 11.5 Å². The molecule has 0 radical (unpaired) electrons. The standard InChI is InChI=1S/C22H20ClNO3S2/c1-4-8-24-21(25)19(29-22(24)28)12-16-10-17(23)20(18(11-16)26-3)27-13-15-7-5-6-14(2)9-15/h4-7,9-12H,1,8,13H2,2-3H3. The predicted octanol–water partition coefficient (Wildman–Crippen LogP) is 5.62. The van der Waals surface area contributed by atoms with Crippen molar-refractivity contribution in [3.8, 4) is 11.5 Å². The molecule has 1 aliphatic rings. The van der Waals surface area contributed by atoms with E-state index in [0.717, 1.165) is 16.7 Å². The summed E-state index contributed by atoms with van der Waals surface area (Å²) in [7, 11) is 1.55. The lowest BCUT2D eigenvalue weighted by Crippen LogP contribution is -2.27. The van der Waals surface area contributed by atoms with Crippen LogP contribution in [0, 0.1) is 6.92 Å². The molecule has 1 fully saturated rings. The third-order valence-corrected chi connectivity index (χ3v) is 5.86. The maximum absolute atomic E-state index is 12.5. The van der Waals surface area contributed by atoms with Crippen LogP contribution in [-0.4, -0.2) is 28.8 Å². The molecule has 1 heterocycles. The summed E-state index contributed by atoms with van der Waals surface area (Å²) in [6.07, 6.45) is 3.40. The second-order valence-corrected chi connectivity index (χ2v) is 8.48. The number of carbonyl (C=O) groups is 1. The third kappa shape index (κ3) is 5.01. The first-order valence-corrected chi connectivity index (χ1v) is 10.5. The van der Waals surface area contributed by atoms with Crippen LogP contribution in [0.1, 0.15) is 16.7 Å². The summed E-state index contributed by atoms with van der Waals surface area (Å²) in [5.74, 6) is 0.819. The van der Waals surface area contributed by atoms with Crippen molar-refractivity contribution in [3.05, 3.63) is 75.7 Å². The lowest BCUT2D eigenvalue weighted by atomic mass is 10.1. The zero-order valence-electron chi connectivity index (χ0n) is 16.1. The van der Waals surface area contributed by atoms with Gasteiger partial charge in [0, 0.05) is 6.54 Å². The number of carbonyl (C=O) groups excluding carboxylic acids is 1. The Labute approximate surface area is 185 Å². The summed E-state index contributed by atoms with van der Waals surface area (Å²) in [5.41, 5.74) is 2.93. The highest BCUT2D eigenvalue weighted by molar-refractivity contribution is 8.26. The number of thiocarbonyl (C=S) groups is 1. The molecule has 29 heavy (non-hydrogen) atoms. The van der Waals surface area contributed by atoms with Crippen molar-refractivity contribution in [1.82, 2.24) is 4.90 Å². The molecule has 2 aromatic carbocycles. The fourth-order valence-corrected chi connectivity index (χ4v) is 4.41. The van der Waals surface area contributed by atoms with Crippen LogP contribution in [0.25, 0.3) is 6.08 Å². The Balaban J connectivity index is 1.84. The summed E-state index contributed by atoms with van der Waals surface area (Å²) < 4.78 is 11.9. The molecule has 0 saturated carbocycles. The third-order valence-electron chi connectivity index (χ3n) is 4.20. The number of hydrogen-bond acceptors (Lipinski definition) is 5. The maximum atomic E-state index is 12.5. The summed E-state index contributed by atoms with van der Waals surface area (Å²) in [5, 5.41) is 0.407. The van der Waals surface area contributed by atoms with Gasteiger partial charge < -0.3 is 9.47 Å². The average Bonchev–Trinajstić information content (AvgIpc) is 2.94. The molecule has 0 spiro atoms. The van der Waals surface area contributed by atoms with Crippen LogP contribution >= 0.6 is 35.6 Å². The summed E-state index contributed by atoms with van der Waals surface area (Å²) in [4.78, 5) is 14.6. The van der Waals surface area contributed by atoms with E-state index in [4.69, 9.17) is 33.3 Å². The van der Waals surface area contributed by atoms with Crippen LogP contribution in [0.15, 0.2) is 54.0 Å². The van der Waals surface area contributed by atoms with Crippen molar-refractivity contribution in [1.29, 1.82) is 0 Å². The second-order valence-electron chi connectivity index (χ2n) is 6.39. The lowest BCUT2D eigenvalue weighted by molar-refractivity contribution is -0.121. The SMILES string of the molecule is C=CCN1C(=O)C(=Cc2cc(Cl)c(OCc3cccc(C)c3)c(OC)c2)SC1=S. The van der Waals surface area contributed by atoms with Gasteiger partial charge in [0.2, 0.25) is 0 Å². The number of rotatable bonds is 7. The van der Waals surface area contributed by atoms with Gasteiger partial charge in [-0.1, -0.05) is 71.5 Å². The van der Waals surface area contributed by atoms with Crippen molar-refractivity contribution >= 4 is 51.9 Å². The monoisotopic (exact) mass is 445 g/mol. The molecule has 0 aliphatic carbocycles. The quantitative estimate of drug-likeness (QED) is 0.314. The Morgan fingerprint density at radius 2 is 2.10 bits per heavy atom. The van der Waals surface area contributed by atoms with Gasteiger partial charge in [-0.25, -0.2) is 0 Å². The number of aryl methyl sites for hydroxylation is 1. The molecule has 0 unspecified atom stereocenters. The number of ether oxygens (including phenoxy) is 2. The van der Waals surface area contributed by atoms with Gasteiger partial charge in [0.25, 0.3) is 5.91 Å². The number of amides is 1. The Kier molecular flexibility index (Phi) is 7.00. The van der Waals surface area contributed by atoms with E-state index in [1.165, 1.54) is 16.7 Å². The van der Waals surface area contributed by atoms with Crippen LogP contribution in [0.3, 0.4) is 0 Å². The van der Waals surface area contributed by atoms with Gasteiger partial charge >= 0.3 is 0 Å². The number of benzene rings is 2. The number of methoxy groups -OCH3 is 1. The van der Waals surface area contributed by atoms with Gasteiger partial charge in [0.05, 0.1) is 17.0 Å². The molecular formula is C22H20ClNO3S2. The van der Waals surface area contributed by atoms with Gasteiger partial charge in [-0.3, -0.25) is 9.69 Å². The van der Waals surface area contributed by atoms with E-state index in [0.29, 0.717) is 38.9 Å². The van der Waals surface area contributed by atoms with E-state index < -0.39 is 0 Å². The molecule has 3 rings (SSSR count). The summed E-state index contributed by atoms with van der Waals surface area (Å²) in [6, 6.07) is 11.6. The first kappa shape index (κ1) is 21.4. The zero-order valence-corrected chi connectivity index (χ0v) is 18.5. The number of thioether (sulfide) groups is 1. The fourth-order valence-electron chi connectivity index (χ4n) is 2.86. The molecule has 2 aromatic rings. The van der Waals surface area contributed by atoms with Crippen LogP contribution in [0.4, 0.5) is 0 Å². The summed E-state index contributed by atoms with van der Waals surface area (Å²) in [6.45, 7) is 6.45. The Hall–Kier alpha value is -2.28. The largest absolute Gasteiger partial charge is 0.493 e. The highest BCUT2D eigenvalue weighted by Gasteiger charge is 2.31. The van der Waals surface area contributed by atoms with Crippen molar-refractivity contribution in [3.63, 3.8) is 0 Å². The Bertz CT molecular complexity index is 1000. The van der Waals surface area contributed by atoms with Crippen molar-refractivity contribution in [2.75, 3.05) is 13.7 Å². The van der Waals surface area contributed by atoms with Gasteiger partial charge in [0.15, 0.2) is 11.5 Å². The topological polar surface area (TPSA) is 38.8 Å². The van der Waals surface area contributed by atoms with E-state index in [1.54, 1.807) is 31.4 Å². The van der Waals surface area contributed by atoms with Gasteiger partial charge in [0.1, 0.15) is 10.9 Å². The number of nitrogens with zero attached hydrogens (tertiary/aromatic N) is 1. The highest BCUT2D eigenvalue weighted by Crippen LogP contribution is 2.39. The fraction of sp³-hybridized carbons (Fsp3) is 0.182. The molecule has 150 valence electrons. The zero-order chi connectivity index (χ0) is 21.0. The molecule has 1 aliphatic heterocycles. The smallest absolute Gasteiger partial charge is 0.266 e. The van der Waals surface area contributed by atoms with E-state index in [1.807, 2.05) is 25.1 Å². The van der Waals surface area contributed by atoms with E-state index >= 15 is 0 Å². The minimum atomic E-state index is -0.144. The van der Waals surface area contributed by atoms with E-state index in [9.17, 15) is 4.79 Å².